The van der Waals surface area contributed by atoms with E-state index in [1.807, 2.05) is 0 Å². The van der Waals surface area contributed by atoms with Crippen LogP contribution in [-0.4, -0.2) is 0 Å². The quantitative estimate of drug-likeness (QED) is 0.522. The molecule has 2 heteroatoms. The molecule has 1 unspecified atom stereocenters. The predicted molar refractivity (Wildman–Crippen MR) is 36.2 cm³/mol. The number of hydrogen-bond acceptors (Lipinski definition) is 2. The Morgan fingerprint density at radius 1 is 1.78 bits per heavy atom. The molecule has 0 amide bonds. The van der Waals surface area contributed by atoms with Crippen molar-refractivity contribution in [1.82, 2.24) is 0 Å². The van der Waals surface area contributed by atoms with E-state index in [1.165, 1.54) is 12.8 Å². The highest BCUT2D eigenvalue weighted by Crippen LogP contribution is 2.24. The molecule has 1 atom stereocenters. The molecule has 1 aliphatic rings. The van der Waals surface area contributed by atoms with Gasteiger partial charge in [0.2, 0.25) is 0 Å². The van der Waals surface area contributed by atoms with E-state index in [0.29, 0.717) is 5.92 Å². The SMILES string of the molecule is CC1CCCC=C1N=N. The van der Waals surface area contributed by atoms with Gasteiger partial charge in [-0.1, -0.05) is 13.0 Å². The van der Waals surface area contributed by atoms with Crippen LogP contribution in [0.2, 0.25) is 0 Å². The van der Waals surface area contributed by atoms with Gasteiger partial charge in [0, 0.05) is 0 Å². The maximum atomic E-state index is 6.78. The molecule has 9 heavy (non-hydrogen) atoms. The summed E-state index contributed by atoms with van der Waals surface area (Å²) in [5.74, 6) is 0.524. The first-order valence-electron chi connectivity index (χ1n) is 3.42. The Balaban J connectivity index is 2.63. The standard InChI is InChI=1S/C7H12N2/c1-6-4-2-3-5-7(6)9-8/h5-6,8H,2-4H2,1H3. The lowest BCUT2D eigenvalue weighted by Gasteiger charge is -2.14. The second-order valence-corrected chi connectivity index (χ2v) is 2.57. The van der Waals surface area contributed by atoms with Crippen LogP contribution in [-0.2, 0) is 0 Å². The van der Waals surface area contributed by atoms with E-state index in [-0.39, 0.29) is 0 Å². The van der Waals surface area contributed by atoms with Crippen molar-refractivity contribution < 1.29 is 0 Å². The fourth-order valence-electron chi connectivity index (χ4n) is 1.18. The summed E-state index contributed by atoms with van der Waals surface area (Å²) < 4.78 is 0. The van der Waals surface area contributed by atoms with Crippen LogP contribution in [0.4, 0.5) is 0 Å². The van der Waals surface area contributed by atoms with E-state index in [4.69, 9.17) is 5.53 Å². The van der Waals surface area contributed by atoms with Gasteiger partial charge in [0.25, 0.3) is 0 Å². The second kappa shape index (κ2) is 2.76. The van der Waals surface area contributed by atoms with Gasteiger partial charge in [-0.05, 0) is 25.2 Å². The first-order valence-corrected chi connectivity index (χ1v) is 3.42. The summed E-state index contributed by atoms with van der Waals surface area (Å²) in [6, 6.07) is 0. The molecule has 0 radical (unpaired) electrons. The fourth-order valence-corrected chi connectivity index (χ4v) is 1.18. The molecule has 0 aliphatic heterocycles. The van der Waals surface area contributed by atoms with Crippen LogP contribution in [0.5, 0.6) is 0 Å². The zero-order valence-corrected chi connectivity index (χ0v) is 5.72. The van der Waals surface area contributed by atoms with Crippen molar-refractivity contribution in [3.05, 3.63) is 11.8 Å². The van der Waals surface area contributed by atoms with Gasteiger partial charge in [0.05, 0.1) is 5.70 Å². The lowest BCUT2D eigenvalue weighted by atomic mass is 9.95. The molecular weight excluding hydrogens is 112 g/mol. The lowest BCUT2D eigenvalue weighted by Crippen LogP contribution is -2.01. The van der Waals surface area contributed by atoms with Gasteiger partial charge in [-0.25, -0.2) is 5.53 Å². The van der Waals surface area contributed by atoms with Crippen molar-refractivity contribution in [1.29, 1.82) is 5.53 Å². The van der Waals surface area contributed by atoms with E-state index in [1.54, 1.807) is 0 Å². The maximum Gasteiger partial charge on any atom is 0.0612 e. The third-order valence-corrected chi connectivity index (χ3v) is 1.83. The zero-order chi connectivity index (χ0) is 6.69. The number of nitrogens with one attached hydrogen (secondary N) is 1. The van der Waals surface area contributed by atoms with E-state index in [2.05, 4.69) is 18.1 Å². The smallest absolute Gasteiger partial charge is 0.0612 e. The number of allylic oxidation sites excluding steroid dienone is 2. The van der Waals surface area contributed by atoms with E-state index in [0.717, 1.165) is 12.1 Å². The van der Waals surface area contributed by atoms with Crippen molar-refractivity contribution >= 4 is 0 Å². The van der Waals surface area contributed by atoms with Gasteiger partial charge in [-0.3, -0.25) is 0 Å². The Kier molecular flexibility index (Phi) is 1.98. The topological polar surface area (TPSA) is 36.2 Å². The molecule has 0 bridgehead atoms. The number of hydrogen-bond donors (Lipinski definition) is 1. The van der Waals surface area contributed by atoms with Gasteiger partial charge in [-0.2, -0.15) is 5.11 Å². The van der Waals surface area contributed by atoms with Crippen LogP contribution in [0.15, 0.2) is 16.9 Å². The zero-order valence-electron chi connectivity index (χ0n) is 5.72. The molecule has 0 saturated carbocycles. The summed E-state index contributed by atoms with van der Waals surface area (Å²) in [7, 11) is 0. The summed E-state index contributed by atoms with van der Waals surface area (Å²) >= 11 is 0. The molecule has 0 aromatic rings. The average Bonchev–Trinajstić information content (AvgIpc) is 1.89. The van der Waals surface area contributed by atoms with Gasteiger partial charge in [0.1, 0.15) is 0 Å². The summed E-state index contributed by atoms with van der Waals surface area (Å²) in [6.45, 7) is 2.13. The van der Waals surface area contributed by atoms with Crippen molar-refractivity contribution in [2.75, 3.05) is 0 Å². The first kappa shape index (κ1) is 6.46. The Hall–Kier alpha value is -0.660. The minimum absolute atomic E-state index is 0.524. The van der Waals surface area contributed by atoms with Crippen molar-refractivity contribution in [3.8, 4) is 0 Å². The van der Waals surface area contributed by atoms with Crippen molar-refractivity contribution in [2.24, 2.45) is 11.0 Å². The molecule has 50 valence electrons. The molecule has 0 aromatic carbocycles. The largest absolute Gasteiger partial charge is 0.205 e. The summed E-state index contributed by atoms with van der Waals surface area (Å²) in [5, 5.41) is 3.44. The average molecular weight is 124 g/mol. The summed E-state index contributed by atoms with van der Waals surface area (Å²) in [4.78, 5) is 0. The molecular formula is C7H12N2. The van der Waals surface area contributed by atoms with Crippen LogP contribution in [0.3, 0.4) is 0 Å². The molecule has 2 nitrogen and oxygen atoms in total. The summed E-state index contributed by atoms with van der Waals surface area (Å²) in [5.41, 5.74) is 7.76. The highest BCUT2D eigenvalue weighted by molar-refractivity contribution is 5.05. The summed E-state index contributed by atoms with van der Waals surface area (Å²) in [6.07, 6.45) is 5.65. The van der Waals surface area contributed by atoms with Gasteiger partial charge in [-0.15, -0.1) is 0 Å². The van der Waals surface area contributed by atoms with E-state index in [9.17, 15) is 0 Å². The lowest BCUT2D eigenvalue weighted by molar-refractivity contribution is 0.538. The van der Waals surface area contributed by atoms with Crippen LogP contribution < -0.4 is 0 Å². The Morgan fingerprint density at radius 3 is 3.00 bits per heavy atom. The van der Waals surface area contributed by atoms with Gasteiger partial charge in [0.15, 0.2) is 0 Å². The van der Waals surface area contributed by atoms with Crippen molar-refractivity contribution in [2.45, 2.75) is 26.2 Å². The number of rotatable bonds is 1. The predicted octanol–water partition coefficient (Wildman–Crippen LogP) is 2.72. The Bertz CT molecular complexity index is 138. The number of nitrogens with zero attached hydrogens (tertiary/aromatic N) is 1. The van der Waals surface area contributed by atoms with E-state index < -0.39 is 0 Å². The normalized spacial score (nSPS) is 27.2. The van der Waals surface area contributed by atoms with Crippen LogP contribution in [0, 0.1) is 11.4 Å². The Labute approximate surface area is 55.5 Å². The Morgan fingerprint density at radius 2 is 2.56 bits per heavy atom. The van der Waals surface area contributed by atoms with Crippen LogP contribution in [0.25, 0.3) is 0 Å². The van der Waals surface area contributed by atoms with Gasteiger partial charge >= 0.3 is 0 Å². The first-order chi connectivity index (χ1) is 4.34. The molecule has 1 N–H and O–H groups in total. The van der Waals surface area contributed by atoms with Crippen LogP contribution >= 0.6 is 0 Å². The maximum absolute atomic E-state index is 6.78. The molecule has 0 heterocycles. The highest BCUT2D eigenvalue weighted by Gasteiger charge is 2.10. The third-order valence-electron chi connectivity index (χ3n) is 1.83. The molecule has 0 saturated heterocycles. The molecule has 0 aromatic heterocycles. The second-order valence-electron chi connectivity index (χ2n) is 2.57. The molecule has 1 aliphatic carbocycles. The van der Waals surface area contributed by atoms with Crippen LogP contribution in [0.1, 0.15) is 26.2 Å². The minimum atomic E-state index is 0.524. The van der Waals surface area contributed by atoms with E-state index >= 15 is 0 Å². The minimum Gasteiger partial charge on any atom is -0.205 e. The fraction of sp³-hybridized carbons (Fsp3) is 0.714. The van der Waals surface area contributed by atoms with Crippen molar-refractivity contribution in [3.63, 3.8) is 0 Å². The monoisotopic (exact) mass is 124 g/mol. The molecule has 1 rings (SSSR count). The highest BCUT2D eigenvalue weighted by atomic mass is 15.0. The molecule has 0 spiro atoms. The van der Waals surface area contributed by atoms with Gasteiger partial charge < -0.3 is 0 Å². The molecule has 0 fully saturated rings. The third kappa shape index (κ3) is 1.37.